The summed E-state index contributed by atoms with van der Waals surface area (Å²) in [6.45, 7) is 7.65. The molecule has 0 aliphatic carbocycles. The van der Waals surface area contributed by atoms with Gasteiger partial charge in [-0.1, -0.05) is 41.9 Å². The molecular weight excluding hydrogens is 348 g/mol. The first kappa shape index (κ1) is 18.5. The number of rotatable bonds is 6. The summed E-state index contributed by atoms with van der Waals surface area (Å²) in [6, 6.07) is 6.95. The van der Waals surface area contributed by atoms with Gasteiger partial charge in [-0.25, -0.2) is 4.79 Å². The molecule has 0 saturated heterocycles. The fourth-order valence-electron chi connectivity index (χ4n) is 2.00. The van der Waals surface area contributed by atoms with Crippen molar-refractivity contribution in [3.8, 4) is 0 Å². The van der Waals surface area contributed by atoms with E-state index in [0.29, 0.717) is 0 Å². The summed E-state index contributed by atoms with van der Waals surface area (Å²) >= 11 is 3.41. The molecule has 1 rings (SSSR count). The number of carbonyl (C=O) groups is 2. The molecule has 0 unspecified atom stereocenters. The molecule has 0 heterocycles. The van der Waals surface area contributed by atoms with E-state index >= 15 is 0 Å². The van der Waals surface area contributed by atoms with E-state index in [1.165, 1.54) is 0 Å². The first-order valence-corrected chi connectivity index (χ1v) is 8.13. The van der Waals surface area contributed by atoms with Crippen LogP contribution in [0.25, 0.3) is 0 Å². The standard InChI is InChI=1S/C16H23BrN2O3/c1-5-22-16(21)19-14(10(2)3)15(20)18-11(4)12-7-6-8-13(17)9-12/h6-11,14H,5H2,1-4H3,(H,18,20)(H,19,21)/t11-,14+/m0/s1. The van der Waals surface area contributed by atoms with E-state index in [9.17, 15) is 9.59 Å². The van der Waals surface area contributed by atoms with Crippen molar-refractivity contribution < 1.29 is 14.3 Å². The van der Waals surface area contributed by atoms with Crippen LogP contribution < -0.4 is 10.6 Å². The second-order valence-electron chi connectivity index (χ2n) is 5.37. The Balaban J connectivity index is 2.72. The Hall–Kier alpha value is -1.56. The van der Waals surface area contributed by atoms with Gasteiger partial charge in [-0.2, -0.15) is 0 Å². The van der Waals surface area contributed by atoms with Gasteiger partial charge in [0.25, 0.3) is 0 Å². The molecule has 2 atom stereocenters. The van der Waals surface area contributed by atoms with Gasteiger partial charge in [0.05, 0.1) is 12.6 Å². The van der Waals surface area contributed by atoms with Gasteiger partial charge in [-0.05, 0) is 37.5 Å². The van der Waals surface area contributed by atoms with Crippen LogP contribution in [0.1, 0.15) is 39.3 Å². The fraction of sp³-hybridized carbons (Fsp3) is 0.500. The number of benzene rings is 1. The number of alkyl carbamates (subject to hydrolysis) is 1. The molecule has 0 fully saturated rings. The van der Waals surface area contributed by atoms with Crippen LogP contribution in [-0.2, 0) is 9.53 Å². The predicted octanol–water partition coefficient (Wildman–Crippen LogP) is 3.40. The Morgan fingerprint density at radius 3 is 2.45 bits per heavy atom. The van der Waals surface area contributed by atoms with Crippen LogP contribution in [0.15, 0.2) is 28.7 Å². The van der Waals surface area contributed by atoms with Crippen molar-refractivity contribution in [2.75, 3.05) is 6.61 Å². The Morgan fingerprint density at radius 1 is 1.23 bits per heavy atom. The summed E-state index contributed by atoms with van der Waals surface area (Å²) in [4.78, 5) is 23.9. The summed E-state index contributed by atoms with van der Waals surface area (Å²) in [7, 11) is 0. The Labute approximate surface area is 139 Å². The fourth-order valence-corrected chi connectivity index (χ4v) is 2.41. The van der Waals surface area contributed by atoms with Crippen molar-refractivity contribution in [3.05, 3.63) is 34.3 Å². The zero-order chi connectivity index (χ0) is 16.7. The third-order valence-electron chi connectivity index (χ3n) is 3.21. The van der Waals surface area contributed by atoms with Gasteiger partial charge in [0, 0.05) is 4.47 Å². The van der Waals surface area contributed by atoms with Gasteiger partial charge in [0.1, 0.15) is 6.04 Å². The molecule has 2 N–H and O–H groups in total. The quantitative estimate of drug-likeness (QED) is 0.806. The highest BCUT2D eigenvalue weighted by Gasteiger charge is 2.26. The maximum absolute atomic E-state index is 12.4. The van der Waals surface area contributed by atoms with Crippen LogP contribution in [0.3, 0.4) is 0 Å². The summed E-state index contributed by atoms with van der Waals surface area (Å²) in [6.07, 6.45) is -0.577. The predicted molar refractivity (Wildman–Crippen MR) is 89.5 cm³/mol. The van der Waals surface area contributed by atoms with Gasteiger partial charge in [-0.15, -0.1) is 0 Å². The van der Waals surface area contributed by atoms with E-state index in [2.05, 4.69) is 26.6 Å². The minimum atomic E-state index is -0.631. The van der Waals surface area contributed by atoms with E-state index in [-0.39, 0.29) is 24.5 Å². The number of hydrogen-bond acceptors (Lipinski definition) is 3. The molecular formula is C16H23BrN2O3. The maximum Gasteiger partial charge on any atom is 0.407 e. The van der Waals surface area contributed by atoms with Crippen molar-refractivity contribution in [2.45, 2.75) is 39.8 Å². The van der Waals surface area contributed by atoms with Gasteiger partial charge in [0.15, 0.2) is 0 Å². The van der Waals surface area contributed by atoms with E-state index in [4.69, 9.17) is 4.74 Å². The van der Waals surface area contributed by atoms with Crippen LogP contribution in [0.2, 0.25) is 0 Å². The average molecular weight is 371 g/mol. The molecule has 0 saturated carbocycles. The van der Waals surface area contributed by atoms with Crippen LogP contribution in [0.4, 0.5) is 4.79 Å². The lowest BCUT2D eigenvalue weighted by atomic mass is 10.0. The Kier molecular flexibility index (Phi) is 7.38. The SMILES string of the molecule is CCOC(=O)N[C@@H](C(=O)N[C@@H](C)c1cccc(Br)c1)C(C)C. The molecule has 0 radical (unpaired) electrons. The number of ether oxygens (including phenoxy) is 1. The number of amides is 2. The van der Waals surface area contributed by atoms with Gasteiger partial charge in [0.2, 0.25) is 5.91 Å². The van der Waals surface area contributed by atoms with Crippen molar-refractivity contribution in [2.24, 2.45) is 5.92 Å². The van der Waals surface area contributed by atoms with E-state index in [1.807, 2.05) is 45.0 Å². The molecule has 1 aromatic rings. The number of nitrogens with one attached hydrogen (secondary N) is 2. The summed E-state index contributed by atoms with van der Waals surface area (Å²) in [5, 5.41) is 5.53. The Morgan fingerprint density at radius 2 is 1.91 bits per heavy atom. The number of carbonyl (C=O) groups excluding carboxylic acids is 2. The third kappa shape index (κ3) is 5.67. The molecule has 122 valence electrons. The lowest BCUT2D eigenvalue weighted by Crippen LogP contribution is -2.50. The lowest BCUT2D eigenvalue weighted by molar-refractivity contribution is -0.124. The Bertz CT molecular complexity index is 520. The molecule has 5 nitrogen and oxygen atoms in total. The van der Waals surface area contributed by atoms with Crippen LogP contribution in [0, 0.1) is 5.92 Å². The first-order valence-electron chi connectivity index (χ1n) is 7.34. The highest BCUT2D eigenvalue weighted by molar-refractivity contribution is 9.10. The van der Waals surface area contributed by atoms with Gasteiger partial charge < -0.3 is 15.4 Å². The molecule has 0 bridgehead atoms. The average Bonchev–Trinajstić information content (AvgIpc) is 2.44. The highest BCUT2D eigenvalue weighted by atomic mass is 79.9. The van der Waals surface area contributed by atoms with Crippen molar-refractivity contribution in [1.82, 2.24) is 10.6 Å². The van der Waals surface area contributed by atoms with E-state index in [1.54, 1.807) is 6.92 Å². The molecule has 6 heteroatoms. The minimum Gasteiger partial charge on any atom is -0.450 e. The summed E-state index contributed by atoms with van der Waals surface area (Å²) < 4.78 is 5.80. The largest absolute Gasteiger partial charge is 0.450 e. The zero-order valence-corrected chi connectivity index (χ0v) is 14.9. The summed E-state index contributed by atoms with van der Waals surface area (Å²) in [5.74, 6) is -0.269. The van der Waals surface area contributed by atoms with E-state index < -0.39 is 12.1 Å². The zero-order valence-electron chi connectivity index (χ0n) is 13.4. The third-order valence-corrected chi connectivity index (χ3v) is 3.70. The second kappa shape index (κ2) is 8.78. The van der Waals surface area contributed by atoms with E-state index in [0.717, 1.165) is 10.0 Å². The van der Waals surface area contributed by atoms with Gasteiger partial charge in [-0.3, -0.25) is 4.79 Å². The highest BCUT2D eigenvalue weighted by Crippen LogP contribution is 2.18. The normalized spacial score (nSPS) is 13.4. The smallest absolute Gasteiger partial charge is 0.407 e. The van der Waals surface area contributed by atoms with Crippen molar-refractivity contribution >= 4 is 27.9 Å². The molecule has 0 aliphatic heterocycles. The second-order valence-corrected chi connectivity index (χ2v) is 6.29. The molecule has 22 heavy (non-hydrogen) atoms. The molecule has 0 spiro atoms. The monoisotopic (exact) mass is 370 g/mol. The number of hydrogen-bond donors (Lipinski definition) is 2. The minimum absolute atomic E-state index is 0.0425. The topological polar surface area (TPSA) is 67.4 Å². The van der Waals surface area contributed by atoms with Crippen LogP contribution in [0.5, 0.6) is 0 Å². The van der Waals surface area contributed by atoms with Crippen molar-refractivity contribution in [3.63, 3.8) is 0 Å². The van der Waals surface area contributed by atoms with Crippen LogP contribution >= 0.6 is 15.9 Å². The number of halogens is 1. The molecule has 1 aromatic carbocycles. The van der Waals surface area contributed by atoms with Gasteiger partial charge >= 0.3 is 6.09 Å². The lowest BCUT2D eigenvalue weighted by Gasteiger charge is -2.24. The van der Waals surface area contributed by atoms with Crippen LogP contribution in [-0.4, -0.2) is 24.6 Å². The first-order chi connectivity index (χ1) is 10.3. The van der Waals surface area contributed by atoms with Crippen molar-refractivity contribution in [1.29, 1.82) is 0 Å². The molecule has 0 aliphatic rings. The molecule has 0 aromatic heterocycles. The summed E-state index contributed by atoms with van der Waals surface area (Å²) in [5.41, 5.74) is 0.987. The maximum atomic E-state index is 12.4. The molecule has 2 amide bonds.